The molecule has 1 heterocycles. The molecule has 1 rings (SSSR count). The quantitative estimate of drug-likeness (QED) is 0.725. The number of amides is 1. The van der Waals surface area contributed by atoms with Crippen LogP contribution in [0, 0.1) is 6.92 Å². The summed E-state index contributed by atoms with van der Waals surface area (Å²) in [5.74, 6) is 1.02. The third kappa shape index (κ3) is 5.29. The fourth-order valence-electron chi connectivity index (χ4n) is 1.68. The number of aliphatic hydroxyl groups excluding tert-OH is 1. The van der Waals surface area contributed by atoms with Crippen LogP contribution < -0.4 is 5.32 Å². The van der Waals surface area contributed by atoms with Crippen LogP contribution in [0.3, 0.4) is 0 Å². The standard InChI is InChI=1S/C12H21N3O3/c1-3-5-15(7-8-16)6-4-12(17)13-11-9-10(2)18-14-11/h9,16H,3-8H2,1-2H3,(H,13,14,17). The minimum absolute atomic E-state index is 0.0951. The van der Waals surface area contributed by atoms with E-state index in [1.165, 1.54) is 0 Å². The van der Waals surface area contributed by atoms with Gasteiger partial charge in [-0.3, -0.25) is 4.79 Å². The van der Waals surface area contributed by atoms with Crippen LogP contribution in [0.15, 0.2) is 10.6 Å². The van der Waals surface area contributed by atoms with Crippen molar-refractivity contribution in [2.75, 3.05) is 31.6 Å². The molecule has 1 amide bonds. The zero-order chi connectivity index (χ0) is 13.4. The van der Waals surface area contributed by atoms with Gasteiger partial charge in [0.15, 0.2) is 5.82 Å². The summed E-state index contributed by atoms with van der Waals surface area (Å²) < 4.78 is 4.86. The summed E-state index contributed by atoms with van der Waals surface area (Å²) >= 11 is 0. The second-order valence-electron chi connectivity index (χ2n) is 4.19. The number of carbonyl (C=O) groups excluding carboxylic acids is 1. The summed E-state index contributed by atoms with van der Waals surface area (Å²) in [7, 11) is 0. The molecule has 0 spiro atoms. The molecule has 0 radical (unpaired) electrons. The van der Waals surface area contributed by atoms with Crippen molar-refractivity contribution < 1.29 is 14.4 Å². The van der Waals surface area contributed by atoms with Gasteiger partial charge < -0.3 is 19.8 Å². The van der Waals surface area contributed by atoms with E-state index in [1.807, 2.05) is 0 Å². The Morgan fingerprint density at radius 2 is 2.28 bits per heavy atom. The monoisotopic (exact) mass is 255 g/mol. The number of aliphatic hydroxyl groups is 1. The highest BCUT2D eigenvalue weighted by Gasteiger charge is 2.09. The molecular weight excluding hydrogens is 234 g/mol. The second kappa shape index (κ2) is 7.84. The molecule has 0 bridgehead atoms. The molecule has 102 valence electrons. The van der Waals surface area contributed by atoms with Gasteiger partial charge in [-0.1, -0.05) is 12.1 Å². The van der Waals surface area contributed by atoms with Crippen molar-refractivity contribution in [3.8, 4) is 0 Å². The summed E-state index contributed by atoms with van der Waals surface area (Å²) in [6.45, 7) is 6.08. The van der Waals surface area contributed by atoms with Crippen LogP contribution >= 0.6 is 0 Å². The molecule has 0 atom stereocenters. The van der Waals surface area contributed by atoms with E-state index in [0.717, 1.165) is 13.0 Å². The van der Waals surface area contributed by atoms with E-state index >= 15 is 0 Å². The molecule has 2 N–H and O–H groups in total. The molecule has 0 aliphatic carbocycles. The minimum atomic E-state index is -0.0951. The summed E-state index contributed by atoms with van der Waals surface area (Å²) in [4.78, 5) is 13.7. The van der Waals surface area contributed by atoms with Gasteiger partial charge in [-0.15, -0.1) is 0 Å². The summed E-state index contributed by atoms with van der Waals surface area (Å²) in [6, 6.07) is 1.68. The van der Waals surface area contributed by atoms with Gasteiger partial charge in [-0.25, -0.2) is 0 Å². The zero-order valence-corrected chi connectivity index (χ0v) is 11.0. The molecule has 0 fully saturated rings. The van der Waals surface area contributed by atoms with Crippen molar-refractivity contribution >= 4 is 11.7 Å². The van der Waals surface area contributed by atoms with Crippen molar-refractivity contribution in [2.24, 2.45) is 0 Å². The first-order valence-corrected chi connectivity index (χ1v) is 6.22. The lowest BCUT2D eigenvalue weighted by molar-refractivity contribution is -0.116. The highest BCUT2D eigenvalue weighted by atomic mass is 16.5. The van der Waals surface area contributed by atoms with E-state index in [9.17, 15) is 4.79 Å². The number of aromatic nitrogens is 1. The third-order valence-electron chi connectivity index (χ3n) is 2.51. The van der Waals surface area contributed by atoms with E-state index in [1.54, 1.807) is 13.0 Å². The van der Waals surface area contributed by atoms with Crippen LogP contribution in [0.2, 0.25) is 0 Å². The van der Waals surface area contributed by atoms with Gasteiger partial charge in [0.25, 0.3) is 0 Å². The predicted octanol–water partition coefficient (Wildman–Crippen LogP) is 1.02. The number of nitrogens with one attached hydrogen (secondary N) is 1. The Labute approximate surface area is 107 Å². The van der Waals surface area contributed by atoms with Gasteiger partial charge >= 0.3 is 0 Å². The van der Waals surface area contributed by atoms with E-state index < -0.39 is 0 Å². The number of carbonyl (C=O) groups is 1. The van der Waals surface area contributed by atoms with Crippen LogP contribution in [0.25, 0.3) is 0 Å². The maximum Gasteiger partial charge on any atom is 0.226 e. The fourth-order valence-corrected chi connectivity index (χ4v) is 1.68. The average Bonchev–Trinajstić information content (AvgIpc) is 2.72. The number of rotatable bonds is 8. The summed E-state index contributed by atoms with van der Waals surface area (Å²) in [5, 5.41) is 15.3. The maximum absolute atomic E-state index is 11.7. The highest BCUT2D eigenvalue weighted by molar-refractivity contribution is 5.89. The molecule has 0 aromatic carbocycles. The predicted molar refractivity (Wildman–Crippen MR) is 68.3 cm³/mol. The van der Waals surface area contributed by atoms with Gasteiger partial charge in [0.1, 0.15) is 5.76 Å². The Hall–Kier alpha value is -1.40. The average molecular weight is 255 g/mol. The number of nitrogens with zero attached hydrogens (tertiary/aromatic N) is 2. The normalized spacial score (nSPS) is 10.9. The van der Waals surface area contributed by atoms with Crippen molar-refractivity contribution in [2.45, 2.75) is 26.7 Å². The molecule has 6 heteroatoms. The smallest absolute Gasteiger partial charge is 0.226 e. The molecule has 6 nitrogen and oxygen atoms in total. The number of aryl methyl sites for hydroxylation is 1. The lowest BCUT2D eigenvalue weighted by Gasteiger charge is -2.19. The van der Waals surface area contributed by atoms with Gasteiger partial charge in [-0.05, 0) is 19.9 Å². The summed E-state index contributed by atoms with van der Waals surface area (Å²) in [6.07, 6.45) is 1.38. The van der Waals surface area contributed by atoms with Crippen LogP contribution in [-0.4, -0.2) is 47.3 Å². The first-order chi connectivity index (χ1) is 8.65. The second-order valence-corrected chi connectivity index (χ2v) is 4.19. The van der Waals surface area contributed by atoms with Crippen molar-refractivity contribution in [3.05, 3.63) is 11.8 Å². The molecule has 0 saturated heterocycles. The molecule has 0 aliphatic rings. The van der Waals surface area contributed by atoms with Crippen molar-refractivity contribution in [1.82, 2.24) is 10.1 Å². The van der Waals surface area contributed by atoms with Crippen LogP contribution in [0.5, 0.6) is 0 Å². The van der Waals surface area contributed by atoms with E-state index in [2.05, 4.69) is 22.3 Å². The van der Waals surface area contributed by atoms with Crippen LogP contribution in [-0.2, 0) is 4.79 Å². The topological polar surface area (TPSA) is 78.6 Å². The number of anilines is 1. The lowest BCUT2D eigenvalue weighted by atomic mass is 10.3. The maximum atomic E-state index is 11.7. The first-order valence-electron chi connectivity index (χ1n) is 6.22. The molecular formula is C12H21N3O3. The van der Waals surface area contributed by atoms with Crippen molar-refractivity contribution in [3.63, 3.8) is 0 Å². The molecule has 18 heavy (non-hydrogen) atoms. The van der Waals surface area contributed by atoms with Crippen molar-refractivity contribution in [1.29, 1.82) is 0 Å². The Morgan fingerprint density at radius 3 is 2.83 bits per heavy atom. The molecule has 0 aliphatic heterocycles. The Morgan fingerprint density at radius 1 is 1.50 bits per heavy atom. The van der Waals surface area contributed by atoms with Gasteiger partial charge in [0.2, 0.25) is 5.91 Å². The minimum Gasteiger partial charge on any atom is -0.395 e. The van der Waals surface area contributed by atoms with E-state index in [-0.39, 0.29) is 12.5 Å². The Balaban J connectivity index is 2.30. The zero-order valence-electron chi connectivity index (χ0n) is 11.0. The highest BCUT2D eigenvalue weighted by Crippen LogP contribution is 2.07. The van der Waals surface area contributed by atoms with Crippen LogP contribution in [0.1, 0.15) is 25.5 Å². The van der Waals surface area contributed by atoms with E-state index in [4.69, 9.17) is 9.63 Å². The van der Waals surface area contributed by atoms with E-state index in [0.29, 0.717) is 31.1 Å². The first kappa shape index (κ1) is 14.7. The Bertz CT molecular complexity index is 359. The number of hydrogen-bond donors (Lipinski definition) is 2. The SMILES string of the molecule is CCCN(CCO)CCC(=O)Nc1cc(C)on1. The molecule has 0 unspecified atom stereocenters. The number of hydrogen-bond acceptors (Lipinski definition) is 5. The largest absolute Gasteiger partial charge is 0.395 e. The van der Waals surface area contributed by atoms with Gasteiger partial charge in [0.05, 0.1) is 6.61 Å². The molecule has 0 saturated carbocycles. The summed E-state index contributed by atoms with van der Waals surface area (Å²) in [5.41, 5.74) is 0. The Kier molecular flexibility index (Phi) is 6.38. The third-order valence-corrected chi connectivity index (χ3v) is 2.51. The van der Waals surface area contributed by atoms with Gasteiger partial charge in [-0.2, -0.15) is 0 Å². The van der Waals surface area contributed by atoms with Gasteiger partial charge in [0, 0.05) is 25.6 Å². The lowest BCUT2D eigenvalue weighted by Crippen LogP contribution is -2.31. The molecule has 1 aromatic heterocycles. The van der Waals surface area contributed by atoms with Crippen LogP contribution in [0.4, 0.5) is 5.82 Å². The molecule has 1 aromatic rings. The fraction of sp³-hybridized carbons (Fsp3) is 0.667.